The number of nitrogens with one attached hydrogen (secondary N) is 5. The summed E-state index contributed by atoms with van der Waals surface area (Å²) in [6.07, 6.45) is 1.38. The maximum atomic E-state index is 14.6. The second-order valence-electron chi connectivity index (χ2n) is 22.8. The molecule has 0 spiro atoms. The smallest absolute Gasteiger partial charge is 0.259 e. The maximum Gasteiger partial charge on any atom is 0.259 e. The van der Waals surface area contributed by atoms with Gasteiger partial charge in [-0.15, -0.1) is 10.2 Å². The number of amides is 1. The zero-order chi connectivity index (χ0) is 62.8. The van der Waals surface area contributed by atoms with Gasteiger partial charge in [-0.25, -0.2) is 0 Å². The van der Waals surface area contributed by atoms with E-state index in [4.69, 9.17) is 15.1 Å². The molecule has 0 saturated heterocycles. The van der Waals surface area contributed by atoms with Gasteiger partial charge in [-0.1, -0.05) is 153 Å². The summed E-state index contributed by atoms with van der Waals surface area (Å²) in [6.45, 7) is 2.16. The van der Waals surface area contributed by atoms with Crippen molar-refractivity contribution in [2.45, 2.75) is 26.4 Å². The molecule has 0 bridgehead atoms. The van der Waals surface area contributed by atoms with Crippen LogP contribution in [0.25, 0.3) is 65.2 Å². The Kier molecular flexibility index (Phi) is 15.3. The third-order valence-corrected chi connectivity index (χ3v) is 17.0. The molecule has 2 aromatic heterocycles. The topological polar surface area (TPSA) is 187 Å². The summed E-state index contributed by atoms with van der Waals surface area (Å²) in [5.74, 6) is -0.823. The van der Waals surface area contributed by atoms with Crippen LogP contribution >= 0.6 is 0 Å². The van der Waals surface area contributed by atoms with E-state index in [9.17, 15) is 15.0 Å². The Labute approximate surface area is 534 Å². The molecule has 0 atom stereocenters. The number of fused-ring (bicyclic) bond motifs is 10. The number of aryl methyl sites for hydroxylation is 1. The van der Waals surface area contributed by atoms with E-state index in [2.05, 4.69) is 121 Å². The van der Waals surface area contributed by atoms with Crippen LogP contribution in [0.2, 0.25) is 0 Å². The van der Waals surface area contributed by atoms with Crippen LogP contribution in [0.15, 0.2) is 287 Å². The third kappa shape index (κ3) is 11.3. The van der Waals surface area contributed by atoms with E-state index in [0.29, 0.717) is 45.5 Å². The number of anilines is 7. The highest BCUT2D eigenvalue weighted by Crippen LogP contribution is 2.47. The molecule has 15 rings (SSSR count). The Bertz CT molecular complexity index is 5320. The van der Waals surface area contributed by atoms with Gasteiger partial charge in [0.05, 0.1) is 33.7 Å². The van der Waals surface area contributed by atoms with E-state index in [0.717, 1.165) is 112 Å². The Morgan fingerprint density at radius 1 is 0.462 bits per heavy atom. The molecule has 0 aliphatic carbocycles. The SMILES string of the molecule is CCc1ccccc1NOCc1cc2ccc3c4ccccc4[nH]c3c2c(N=Nc2ccc(Nc3ccc(N=Nc4c(O)c(C(=O)Nc5ccccc5Cc5ccc(N(c6ccccc6)c6ccccc6)cc5)cc5ccc6c7ccccc7[nH]c6c45)cc3)cc2)c1O. The second-order valence-corrected chi connectivity index (χ2v) is 22.8. The first-order valence-corrected chi connectivity index (χ1v) is 30.8. The Balaban J connectivity index is 0.678. The van der Waals surface area contributed by atoms with Crippen LogP contribution in [0.3, 0.4) is 0 Å². The van der Waals surface area contributed by atoms with Crippen molar-refractivity contribution < 1.29 is 19.8 Å². The number of azo groups is 2. The lowest BCUT2D eigenvalue weighted by atomic mass is 9.99. The van der Waals surface area contributed by atoms with Crippen molar-refractivity contribution in [3.8, 4) is 11.5 Å². The summed E-state index contributed by atoms with van der Waals surface area (Å²) in [6, 6.07) is 87.6. The van der Waals surface area contributed by atoms with Gasteiger partial charge >= 0.3 is 0 Å². The van der Waals surface area contributed by atoms with E-state index in [1.807, 2.05) is 188 Å². The second kappa shape index (κ2) is 24.9. The van der Waals surface area contributed by atoms with Crippen LogP contribution in [-0.2, 0) is 24.3 Å². The molecule has 0 aliphatic rings. The van der Waals surface area contributed by atoms with Gasteiger partial charge in [-0.3, -0.25) is 15.1 Å². The van der Waals surface area contributed by atoms with E-state index in [1.165, 1.54) is 0 Å². The van der Waals surface area contributed by atoms with Crippen molar-refractivity contribution in [3.63, 3.8) is 0 Å². The summed E-state index contributed by atoms with van der Waals surface area (Å²) < 4.78 is 0. The summed E-state index contributed by atoms with van der Waals surface area (Å²) in [4.78, 5) is 30.0. The molecule has 0 unspecified atom stereocenters. The number of hydrogen-bond acceptors (Lipinski definition) is 11. The summed E-state index contributed by atoms with van der Waals surface area (Å²) in [7, 11) is 0. The molecule has 7 N–H and O–H groups in total. The molecule has 2 heterocycles. The fourth-order valence-electron chi connectivity index (χ4n) is 12.4. The van der Waals surface area contributed by atoms with Gasteiger partial charge in [0.15, 0.2) is 5.75 Å². The monoisotopic (exact) mass is 1210 g/mol. The predicted molar refractivity (Wildman–Crippen MR) is 377 cm³/mol. The van der Waals surface area contributed by atoms with Crippen molar-refractivity contribution in [2.24, 2.45) is 20.5 Å². The number of para-hydroxylation sites is 6. The Morgan fingerprint density at radius 2 is 0.957 bits per heavy atom. The van der Waals surface area contributed by atoms with Crippen molar-refractivity contribution in [1.82, 2.24) is 9.97 Å². The minimum absolute atomic E-state index is 0.0275. The van der Waals surface area contributed by atoms with E-state index >= 15 is 0 Å². The maximum absolute atomic E-state index is 14.6. The molecule has 0 radical (unpaired) electrons. The molecule has 0 fully saturated rings. The van der Waals surface area contributed by atoms with Gasteiger partial charge < -0.3 is 35.7 Å². The Hall–Kier alpha value is -12.4. The van der Waals surface area contributed by atoms with Crippen LogP contribution in [0.1, 0.15) is 39.5 Å². The molecular weight excluding hydrogens is 1150 g/mol. The van der Waals surface area contributed by atoms with Gasteiger partial charge in [0.25, 0.3) is 5.91 Å². The number of phenolic OH excluding ortho intramolecular Hbond substituents is 2. The lowest BCUT2D eigenvalue weighted by molar-refractivity contribution is 0.102. The summed E-state index contributed by atoms with van der Waals surface area (Å²) in [5.41, 5.74) is 18.1. The molecule has 14 nitrogen and oxygen atoms in total. The minimum Gasteiger partial charge on any atom is -0.505 e. The summed E-state index contributed by atoms with van der Waals surface area (Å²) >= 11 is 0. The van der Waals surface area contributed by atoms with Gasteiger partial charge in [0.2, 0.25) is 0 Å². The summed E-state index contributed by atoms with van der Waals surface area (Å²) in [5, 5.41) is 56.8. The number of rotatable bonds is 18. The number of carbonyl (C=O) groups excluding carboxylic acids is 1. The van der Waals surface area contributed by atoms with Crippen molar-refractivity contribution in [1.29, 1.82) is 0 Å². The number of aromatic nitrogens is 2. The van der Waals surface area contributed by atoms with Gasteiger partial charge in [0.1, 0.15) is 23.7 Å². The normalized spacial score (nSPS) is 11.7. The zero-order valence-electron chi connectivity index (χ0n) is 50.5. The first kappa shape index (κ1) is 57.1. The number of nitrogens with zero attached hydrogens (tertiary/aromatic N) is 5. The molecule has 15 aromatic rings. The Morgan fingerprint density at radius 3 is 1.54 bits per heavy atom. The third-order valence-electron chi connectivity index (χ3n) is 17.0. The van der Waals surface area contributed by atoms with E-state index < -0.39 is 5.91 Å². The average molecular weight is 1210 g/mol. The number of benzene rings is 13. The largest absolute Gasteiger partial charge is 0.505 e. The average Bonchev–Trinajstić information content (AvgIpc) is 1.69. The quantitative estimate of drug-likeness (QED) is 0.0329. The fraction of sp³-hybridized carbons (Fsp3) is 0.0506. The fourth-order valence-corrected chi connectivity index (χ4v) is 12.4. The predicted octanol–water partition coefficient (Wildman–Crippen LogP) is 21.7. The van der Waals surface area contributed by atoms with Crippen LogP contribution in [0, 0.1) is 0 Å². The number of hydrogen-bond donors (Lipinski definition) is 7. The van der Waals surface area contributed by atoms with E-state index in [1.54, 1.807) is 6.07 Å². The van der Waals surface area contributed by atoms with Crippen LogP contribution in [0.4, 0.5) is 62.6 Å². The van der Waals surface area contributed by atoms with Crippen LogP contribution in [0.5, 0.6) is 11.5 Å². The molecule has 1 amide bonds. The standard InChI is InChI=1S/C79H60N10O4/c1-2-50-17-9-14-26-68(50)88-93-48-54-46-52-31-43-64-62-23-11-15-27-69(62)81-73(64)71(52)75(77(54)90)86-84-57-37-33-55(34-38-57)80-56-35-39-58(40-36-56)85-87-76-72-53(32-44-65-63-24-12-16-28-70(63)82-74(65)72)47-66(78(76)91)79(92)83-67-25-13-10-18-51(67)45-49-29-41-61(42-30-49)89(59-19-5-3-6-20-59)60-21-7-4-8-22-60/h3-44,46-47,80-82,88,90-91H,2,45,48H2,1H3,(H,83,92). The lowest BCUT2D eigenvalue weighted by Gasteiger charge is -2.25. The number of aromatic hydroxyl groups is 2. The molecule has 14 heteroatoms. The lowest BCUT2D eigenvalue weighted by Crippen LogP contribution is -2.14. The van der Waals surface area contributed by atoms with Crippen molar-refractivity contribution >= 4 is 134 Å². The number of H-pyrrole nitrogens is 2. The van der Waals surface area contributed by atoms with Crippen molar-refractivity contribution in [2.75, 3.05) is 21.0 Å². The van der Waals surface area contributed by atoms with Crippen LogP contribution in [-0.4, -0.2) is 26.1 Å². The zero-order valence-corrected chi connectivity index (χ0v) is 50.5. The molecular formula is C79H60N10O4. The number of aromatic amines is 2. The van der Waals surface area contributed by atoms with Crippen LogP contribution < -0.4 is 21.0 Å². The van der Waals surface area contributed by atoms with Gasteiger partial charge in [0, 0.05) is 83.0 Å². The number of phenols is 2. The molecule has 0 aliphatic heterocycles. The first-order chi connectivity index (χ1) is 45.8. The molecule has 13 aromatic carbocycles. The highest BCUT2D eigenvalue weighted by Gasteiger charge is 2.24. The van der Waals surface area contributed by atoms with Gasteiger partial charge in [-0.2, -0.15) is 10.2 Å². The minimum atomic E-state index is -0.493. The first-order valence-electron chi connectivity index (χ1n) is 30.8. The van der Waals surface area contributed by atoms with Gasteiger partial charge in [-0.05, 0) is 162 Å². The van der Waals surface area contributed by atoms with Crippen molar-refractivity contribution in [3.05, 3.63) is 295 Å². The molecule has 93 heavy (non-hydrogen) atoms. The van der Waals surface area contributed by atoms with E-state index in [-0.39, 0.29) is 29.4 Å². The molecule has 450 valence electrons. The highest BCUT2D eigenvalue weighted by molar-refractivity contribution is 6.23. The molecule has 0 saturated carbocycles. The number of carbonyl (C=O) groups is 1. The highest BCUT2D eigenvalue weighted by atomic mass is 16.6.